The zero-order chi connectivity index (χ0) is 26.2. The van der Waals surface area contributed by atoms with Crippen LogP contribution < -0.4 is 21.3 Å². The van der Waals surface area contributed by atoms with E-state index in [-0.39, 0.29) is 24.9 Å². The van der Waals surface area contributed by atoms with Gasteiger partial charge in [-0.3, -0.25) is 29.0 Å². The van der Waals surface area contributed by atoms with E-state index in [4.69, 9.17) is 0 Å². The highest BCUT2D eigenvalue weighted by atomic mass is 16.2. The molecular formula is C25H37N5O5. The van der Waals surface area contributed by atoms with Crippen LogP contribution in [0.4, 0.5) is 0 Å². The number of aromatic nitrogens is 1. The van der Waals surface area contributed by atoms with Gasteiger partial charge in [0.05, 0.1) is 6.54 Å². The summed E-state index contributed by atoms with van der Waals surface area (Å²) in [6.07, 6.45) is 5.74. The third kappa shape index (κ3) is 8.77. The van der Waals surface area contributed by atoms with Crippen LogP contribution in [0.15, 0.2) is 24.5 Å². The molecule has 1 unspecified atom stereocenters. The van der Waals surface area contributed by atoms with Crippen molar-refractivity contribution in [2.24, 2.45) is 5.41 Å². The van der Waals surface area contributed by atoms with Crippen molar-refractivity contribution in [3.63, 3.8) is 0 Å². The number of nitrogens with one attached hydrogen (secondary N) is 4. The molecule has 1 aliphatic rings. The highest BCUT2D eigenvalue weighted by Gasteiger charge is 2.38. The fraction of sp³-hybridized carbons (Fsp3) is 0.600. The van der Waals surface area contributed by atoms with Gasteiger partial charge in [-0.2, -0.15) is 0 Å². The van der Waals surface area contributed by atoms with E-state index in [1.165, 1.54) is 0 Å². The lowest BCUT2D eigenvalue weighted by atomic mass is 9.93. The van der Waals surface area contributed by atoms with Gasteiger partial charge in [0.25, 0.3) is 5.91 Å². The van der Waals surface area contributed by atoms with Crippen LogP contribution >= 0.6 is 0 Å². The van der Waals surface area contributed by atoms with Gasteiger partial charge in [0.1, 0.15) is 11.6 Å². The van der Waals surface area contributed by atoms with Crippen LogP contribution in [0.1, 0.15) is 65.9 Å². The summed E-state index contributed by atoms with van der Waals surface area (Å²) >= 11 is 0. The fourth-order valence-electron chi connectivity index (χ4n) is 3.43. The number of nitrogens with zero attached hydrogens (tertiary/aromatic N) is 1. The van der Waals surface area contributed by atoms with Gasteiger partial charge in [0.2, 0.25) is 23.5 Å². The van der Waals surface area contributed by atoms with Gasteiger partial charge in [-0.15, -0.1) is 0 Å². The Morgan fingerprint density at radius 1 is 1.09 bits per heavy atom. The number of pyridine rings is 1. The zero-order valence-corrected chi connectivity index (χ0v) is 21.2. The third-order valence-electron chi connectivity index (χ3n) is 5.68. The van der Waals surface area contributed by atoms with Gasteiger partial charge in [0, 0.05) is 30.3 Å². The second kappa shape index (κ2) is 11.9. The highest BCUT2D eigenvalue weighted by molar-refractivity contribution is 6.38. The Morgan fingerprint density at radius 2 is 1.77 bits per heavy atom. The molecule has 0 aromatic carbocycles. The summed E-state index contributed by atoms with van der Waals surface area (Å²) in [7, 11) is 0. The van der Waals surface area contributed by atoms with E-state index in [2.05, 4.69) is 26.3 Å². The van der Waals surface area contributed by atoms with Crippen LogP contribution in [0.5, 0.6) is 0 Å². The smallest absolute Gasteiger partial charge is 0.289 e. The molecule has 4 amide bonds. The Morgan fingerprint density at radius 3 is 2.31 bits per heavy atom. The molecule has 0 spiro atoms. The van der Waals surface area contributed by atoms with Crippen LogP contribution in [0.25, 0.3) is 0 Å². The summed E-state index contributed by atoms with van der Waals surface area (Å²) in [4.78, 5) is 67.4. The number of carbonyl (C=O) groups excluding carboxylic acids is 5. The minimum Gasteiger partial charge on any atom is -0.347 e. The first kappa shape index (κ1) is 27.9. The first-order valence-corrected chi connectivity index (χ1v) is 12.0. The molecule has 0 radical (unpaired) electrons. The zero-order valence-electron chi connectivity index (χ0n) is 21.2. The molecule has 1 saturated carbocycles. The van der Waals surface area contributed by atoms with Crippen molar-refractivity contribution in [1.82, 2.24) is 26.3 Å². The van der Waals surface area contributed by atoms with Crippen molar-refractivity contribution in [3.05, 3.63) is 30.1 Å². The molecule has 0 aliphatic heterocycles. The summed E-state index contributed by atoms with van der Waals surface area (Å²) in [5, 5.41) is 10.6. The predicted octanol–water partition coefficient (Wildman–Crippen LogP) is 0.794. The molecule has 1 heterocycles. The van der Waals surface area contributed by atoms with Crippen molar-refractivity contribution in [2.45, 2.75) is 84.3 Å². The first-order valence-electron chi connectivity index (χ1n) is 12.0. The first-order chi connectivity index (χ1) is 16.4. The molecule has 1 aliphatic carbocycles. The molecule has 35 heavy (non-hydrogen) atoms. The Kier molecular flexibility index (Phi) is 9.50. The number of rotatable bonds is 12. The molecular weight excluding hydrogens is 450 g/mol. The Labute approximate surface area is 206 Å². The van der Waals surface area contributed by atoms with Gasteiger partial charge in [-0.05, 0) is 37.8 Å². The minimum atomic E-state index is -1.35. The van der Waals surface area contributed by atoms with Gasteiger partial charge in [-0.25, -0.2) is 0 Å². The van der Waals surface area contributed by atoms with E-state index in [0.29, 0.717) is 18.4 Å². The van der Waals surface area contributed by atoms with Crippen LogP contribution in [-0.2, 0) is 30.4 Å². The van der Waals surface area contributed by atoms with Crippen molar-refractivity contribution in [2.75, 3.05) is 6.54 Å². The summed E-state index contributed by atoms with van der Waals surface area (Å²) in [5.41, 5.74) is -1.33. The highest BCUT2D eigenvalue weighted by Crippen LogP contribution is 2.19. The van der Waals surface area contributed by atoms with Gasteiger partial charge in [0.15, 0.2) is 0 Å². The lowest BCUT2D eigenvalue weighted by Crippen LogP contribution is -2.61. The van der Waals surface area contributed by atoms with Crippen LogP contribution in [0, 0.1) is 5.41 Å². The van der Waals surface area contributed by atoms with Crippen LogP contribution in [0.2, 0.25) is 0 Å². The topological polar surface area (TPSA) is 146 Å². The molecule has 192 valence electrons. The van der Waals surface area contributed by atoms with E-state index < -0.39 is 40.5 Å². The van der Waals surface area contributed by atoms with E-state index in [9.17, 15) is 24.0 Å². The quantitative estimate of drug-likeness (QED) is 0.321. The number of hydrogen-bond donors (Lipinski definition) is 4. The van der Waals surface area contributed by atoms with E-state index in [1.807, 2.05) is 6.92 Å². The van der Waals surface area contributed by atoms with Gasteiger partial charge >= 0.3 is 0 Å². The second-order valence-corrected chi connectivity index (χ2v) is 10.3. The lowest BCUT2D eigenvalue weighted by Gasteiger charge is -2.31. The van der Waals surface area contributed by atoms with Crippen molar-refractivity contribution in [3.8, 4) is 0 Å². The van der Waals surface area contributed by atoms with E-state index in [1.54, 1.807) is 52.2 Å². The molecule has 1 aromatic rings. The molecule has 4 N–H and O–H groups in total. The second-order valence-electron chi connectivity index (χ2n) is 10.3. The van der Waals surface area contributed by atoms with E-state index >= 15 is 0 Å². The molecule has 0 bridgehead atoms. The van der Waals surface area contributed by atoms with Crippen molar-refractivity contribution < 1.29 is 24.0 Å². The maximum Gasteiger partial charge on any atom is 0.289 e. The molecule has 0 saturated heterocycles. The largest absolute Gasteiger partial charge is 0.347 e. The fourth-order valence-corrected chi connectivity index (χ4v) is 3.43. The number of ketones is 1. The molecule has 10 heteroatoms. The molecule has 10 nitrogen and oxygen atoms in total. The lowest BCUT2D eigenvalue weighted by molar-refractivity contribution is -0.141. The number of carbonyl (C=O) groups is 5. The Bertz CT molecular complexity index is 939. The molecule has 1 aromatic heterocycles. The summed E-state index contributed by atoms with van der Waals surface area (Å²) in [5.74, 6) is -2.91. The van der Waals surface area contributed by atoms with Crippen LogP contribution in [-0.4, -0.2) is 58.6 Å². The van der Waals surface area contributed by atoms with Crippen molar-refractivity contribution >= 4 is 29.4 Å². The van der Waals surface area contributed by atoms with Crippen molar-refractivity contribution in [1.29, 1.82) is 0 Å². The average Bonchev–Trinajstić information content (AvgIpc) is 3.60. The average molecular weight is 488 g/mol. The van der Waals surface area contributed by atoms with E-state index in [0.717, 1.165) is 12.8 Å². The number of Topliss-reactive ketones (excluding diaryl/α,β-unsaturated/α-hetero) is 1. The maximum atomic E-state index is 13.3. The number of amides is 4. The van der Waals surface area contributed by atoms with Gasteiger partial charge in [-0.1, -0.05) is 40.2 Å². The van der Waals surface area contributed by atoms with Gasteiger partial charge < -0.3 is 21.3 Å². The van der Waals surface area contributed by atoms with Crippen LogP contribution in [0.3, 0.4) is 0 Å². The standard InChI is InChI=1S/C25H37N5O5/c1-6-11-25(5,30-19(31)15-27-22(34)24(2,3)4)23(35)29-18(13-16-8-7-12-26-14-16)20(32)21(33)28-17-9-10-17/h7-8,12,14,17-18H,6,9-11,13,15H2,1-5H3,(H,27,34)(H,28,33)(H,29,35)(H,30,31)/t18-,25?/m0/s1. The molecule has 2 rings (SSSR count). The Hall–Kier alpha value is -3.30. The minimum absolute atomic E-state index is 0.00542. The summed E-state index contributed by atoms with van der Waals surface area (Å²) in [6, 6.07) is 2.33. The SMILES string of the molecule is CCCC(C)(NC(=O)CNC(=O)C(C)(C)C)C(=O)N[C@@H](Cc1cccnc1)C(=O)C(=O)NC1CC1. The molecule has 2 atom stereocenters. The summed E-state index contributed by atoms with van der Waals surface area (Å²) < 4.78 is 0. The third-order valence-corrected chi connectivity index (χ3v) is 5.68. The predicted molar refractivity (Wildman–Crippen MR) is 130 cm³/mol. The normalized spacial score (nSPS) is 15.8. The molecule has 1 fully saturated rings. The number of hydrogen-bond acceptors (Lipinski definition) is 6. The monoisotopic (exact) mass is 487 g/mol. The summed E-state index contributed by atoms with van der Waals surface area (Å²) in [6.45, 7) is 8.32. The maximum absolute atomic E-state index is 13.3. The Balaban J connectivity index is 2.14.